The van der Waals surface area contributed by atoms with E-state index < -0.39 is 5.63 Å². The molecule has 0 radical (unpaired) electrons. The van der Waals surface area contributed by atoms with Crippen molar-refractivity contribution in [1.29, 1.82) is 0 Å². The number of aryl methyl sites for hydroxylation is 1. The number of benzene rings is 3. The van der Waals surface area contributed by atoms with Gasteiger partial charge in [-0.1, -0.05) is 50.5 Å². The number of hydrogen-bond acceptors (Lipinski definition) is 7. The van der Waals surface area contributed by atoms with Gasteiger partial charge in [0.15, 0.2) is 0 Å². The smallest absolute Gasteiger partial charge is 0.349 e. The highest BCUT2D eigenvalue weighted by molar-refractivity contribution is 5.89. The number of unbranched alkanes of at least 4 members (excludes halogenated alkanes) is 3. The van der Waals surface area contributed by atoms with Crippen molar-refractivity contribution >= 4 is 21.7 Å². The lowest BCUT2D eigenvalue weighted by molar-refractivity contribution is 0.464. The Balaban J connectivity index is 1.51. The van der Waals surface area contributed by atoms with Crippen LogP contribution in [0.2, 0.25) is 0 Å². The first-order valence-corrected chi connectivity index (χ1v) is 11.4. The van der Waals surface area contributed by atoms with E-state index in [0.717, 1.165) is 48.4 Å². The molecule has 5 rings (SSSR count). The Labute approximate surface area is 195 Å². The molecule has 0 aliphatic rings. The molecule has 0 spiro atoms. The lowest BCUT2D eigenvalue weighted by Gasteiger charge is -2.07. The molecule has 3 aromatic carbocycles. The average molecular weight is 456 g/mol. The molecule has 0 saturated heterocycles. The molecule has 0 aliphatic carbocycles. The van der Waals surface area contributed by atoms with E-state index in [1.54, 1.807) is 18.2 Å². The van der Waals surface area contributed by atoms with Crippen LogP contribution in [0.15, 0.2) is 68.2 Å². The fraction of sp³-hybridized carbons (Fsp3) is 0.222. The van der Waals surface area contributed by atoms with Crippen molar-refractivity contribution in [3.8, 4) is 34.4 Å². The standard InChI is InChI=1S/C27H24N2O5/c1-2-3-4-5-10-18-11-19-13-21(27(32)33-24(19)15-22(18)30)26-29-28-25(34-26)20-12-16-8-6-7-9-17(16)14-23(20)31/h6-9,11-15,30-31H,2-5,10H2,1H3. The number of phenolic OH excluding ortho intramolecular Hbond substituents is 2. The van der Waals surface area contributed by atoms with Crippen molar-refractivity contribution < 1.29 is 19.0 Å². The molecule has 2 heterocycles. The van der Waals surface area contributed by atoms with E-state index in [0.29, 0.717) is 10.9 Å². The number of fused-ring (bicyclic) bond motifs is 2. The van der Waals surface area contributed by atoms with Crippen LogP contribution in [0, 0.1) is 0 Å². The Morgan fingerprint density at radius 3 is 2.24 bits per heavy atom. The van der Waals surface area contributed by atoms with Crippen LogP contribution in [0.25, 0.3) is 44.7 Å². The minimum Gasteiger partial charge on any atom is -0.508 e. The third kappa shape index (κ3) is 4.12. The lowest BCUT2D eigenvalue weighted by atomic mass is 10.0. The topological polar surface area (TPSA) is 110 Å². The van der Waals surface area contributed by atoms with Crippen LogP contribution in [0.1, 0.15) is 38.2 Å². The number of hydrogen-bond donors (Lipinski definition) is 2. The summed E-state index contributed by atoms with van der Waals surface area (Å²) in [7, 11) is 0. The maximum atomic E-state index is 12.6. The minimum absolute atomic E-state index is 0.00244. The highest BCUT2D eigenvalue weighted by Crippen LogP contribution is 2.34. The summed E-state index contributed by atoms with van der Waals surface area (Å²) in [5.41, 5.74) is 0.933. The molecule has 7 heteroatoms. The van der Waals surface area contributed by atoms with Gasteiger partial charge in [0, 0.05) is 11.5 Å². The predicted octanol–water partition coefficient (Wildman–Crippen LogP) is 6.20. The third-order valence-corrected chi connectivity index (χ3v) is 5.98. The highest BCUT2D eigenvalue weighted by Gasteiger charge is 2.19. The zero-order valence-electron chi connectivity index (χ0n) is 18.7. The first kappa shape index (κ1) is 21.7. The van der Waals surface area contributed by atoms with Crippen molar-refractivity contribution in [1.82, 2.24) is 10.2 Å². The van der Waals surface area contributed by atoms with Crippen LogP contribution >= 0.6 is 0 Å². The van der Waals surface area contributed by atoms with Crippen LogP contribution in [0.3, 0.4) is 0 Å². The van der Waals surface area contributed by atoms with Gasteiger partial charge in [0.05, 0.1) is 5.56 Å². The van der Waals surface area contributed by atoms with Gasteiger partial charge >= 0.3 is 5.63 Å². The molecule has 0 unspecified atom stereocenters. The van der Waals surface area contributed by atoms with Crippen LogP contribution in [0.5, 0.6) is 11.5 Å². The van der Waals surface area contributed by atoms with Crippen LogP contribution in [0.4, 0.5) is 0 Å². The van der Waals surface area contributed by atoms with E-state index >= 15 is 0 Å². The molecule has 5 aromatic rings. The Bertz CT molecular complexity index is 1550. The van der Waals surface area contributed by atoms with E-state index in [-0.39, 0.29) is 34.4 Å². The molecule has 7 nitrogen and oxygen atoms in total. The zero-order valence-corrected chi connectivity index (χ0v) is 18.7. The molecule has 0 amide bonds. The maximum Gasteiger partial charge on any atom is 0.349 e. The summed E-state index contributed by atoms with van der Waals surface area (Å²) in [5, 5.41) is 31.3. The molecular formula is C27H24N2O5. The molecule has 2 N–H and O–H groups in total. The average Bonchev–Trinajstić information content (AvgIpc) is 3.31. The highest BCUT2D eigenvalue weighted by atomic mass is 16.4. The summed E-state index contributed by atoms with van der Waals surface area (Å²) in [6, 6.07) is 15.9. The SMILES string of the molecule is CCCCCCc1cc2cc(-c3nnc(-c4cc5ccccc5cc4O)o3)c(=O)oc2cc1O. The van der Waals surface area contributed by atoms with Gasteiger partial charge in [-0.25, -0.2) is 4.79 Å². The van der Waals surface area contributed by atoms with Crippen molar-refractivity contribution in [2.24, 2.45) is 0 Å². The summed E-state index contributed by atoms with van der Waals surface area (Å²) in [4.78, 5) is 12.6. The molecule has 0 atom stereocenters. The third-order valence-electron chi connectivity index (χ3n) is 5.98. The largest absolute Gasteiger partial charge is 0.508 e. The molecule has 0 aliphatic heterocycles. The fourth-order valence-electron chi connectivity index (χ4n) is 4.14. The van der Waals surface area contributed by atoms with Crippen LogP contribution < -0.4 is 5.63 Å². The van der Waals surface area contributed by atoms with Gasteiger partial charge < -0.3 is 19.0 Å². The number of aromatic hydroxyl groups is 2. The predicted molar refractivity (Wildman–Crippen MR) is 130 cm³/mol. The van der Waals surface area contributed by atoms with Gasteiger partial charge in [0.25, 0.3) is 11.8 Å². The van der Waals surface area contributed by atoms with Crippen molar-refractivity contribution in [2.75, 3.05) is 0 Å². The van der Waals surface area contributed by atoms with Crippen molar-refractivity contribution in [2.45, 2.75) is 39.0 Å². The van der Waals surface area contributed by atoms with Gasteiger partial charge in [-0.05, 0) is 53.4 Å². The van der Waals surface area contributed by atoms with Crippen LogP contribution in [-0.4, -0.2) is 20.4 Å². The molecule has 0 fully saturated rings. The van der Waals surface area contributed by atoms with E-state index in [9.17, 15) is 15.0 Å². The first-order valence-electron chi connectivity index (χ1n) is 11.4. The van der Waals surface area contributed by atoms with E-state index in [1.807, 2.05) is 30.3 Å². The molecule has 172 valence electrons. The summed E-state index contributed by atoms with van der Waals surface area (Å²) >= 11 is 0. The summed E-state index contributed by atoms with van der Waals surface area (Å²) in [5.74, 6) is 0.213. The van der Waals surface area contributed by atoms with Gasteiger partial charge in [-0.2, -0.15) is 0 Å². The molecule has 0 saturated carbocycles. The summed E-state index contributed by atoms with van der Waals surface area (Å²) in [6.45, 7) is 2.15. The van der Waals surface area contributed by atoms with E-state index in [2.05, 4.69) is 17.1 Å². The Kier molecular flexibility index (Phi) is 5.76. The van der Waals surface area contributed by atoms with Gasteiger partial charge in [0.1, 0.15) is 22.6 Å². The molecule has 34 heavy (non-hydrogen) atoms. The maximum absolute atomic E-state index is 12.6. The summed E-state index contributed by atoms with van der Waals surface area (Å²) in [6.07, 6.45) is 5.09. The normalized spacial score (nSPS) is 11.4. The second kappa shape index (κ2) is 9.02. The van der Waals surface area contributed by atoms with Gasteiger partial charge in [0.2, 0.25) is 0 Å². The quantitative estimate of drug-likeness (QED) is 0.222. The molecular weight excluding hydrogens is 432 g/mol. The van der Waals surface area contributed by atoms with Crippen molar-refractivity contribution in [3.63, 3.8) is 0 Å². The lowest BCUT2D eigenvalue weighted by Crippen LogP contribution is -2.03. The Morgan fingerprint density at radius 2 is 1.47 bits per heavy atom. The van der Waals surface area contributed by atoms with Crippen molar-refractivity contribution in [3.05, 3.63) is 70.6 Å². The fourth-order valence-corrected chi connectivity index (χ4v) is 4.14. The number of rotatable bonds is 7. The first-order chi connectivity index (χ1) is 16.5. The number of nitrogens with zero attached hydrogens (tertiary/aromatic N) is 2. The minimum atomic E-state index is -0.652. The number of phenols is 2. The van der Waals surface area contributed by atoms with E-state index in [1.165, 1.54) is 6.07 Å². The van der Waals surface area contributed by atoms with E-state index in [4.69, 9.17) is 8.83 Å². The van der Waals surface area contributed by atoms with Crippen LogP contribution in [-0.2, 0) is 6.42 Å². The van der Waals surface area contributed by atoms with Gasteiger partial charge in [-0.15, -0.1) is 10.2 Å². The van der Waals surface area contributed by atoms with Gasteiger partial charge in [-0.3, -0.25) is 0 Å². The Hall–Kier alpha value is -4.13. The second-order valence-electron chi connectivity index (χ2n) is 8.41. The summed E-state index contributed by atoms with van der Waals surface area (Å²) < 4.78 is 11.2. The zero-order chi connectivity index (χ0) is 23.7. The monoisotopic (exact) mass is 456 g/mol. The molecule has 0 bridgehead atoms. The number of aromatic nitrogens is 2. The Morgan fingerprint density at radius 1 is 0.765 bits per heavy atom. The molecule has 2 aromatic heterocycles. The second-order valence-corrected chi connectivity index (χ2v) is 8.41.